The maximum atomic E-state index is 11.5. The second-order valence-electron chi connectivity index (χ2n) is 5.97. The van der Waals surface area contributed by atoms with Crippen molar-refractivity contribution in [2.75, 3.05) is 23.3 Å². The van der Waals surface area contributed by atoms with E-state index in [4.69, 9.17) is 5.73 Å². The Morgan fingerprint density at radius 2 is 2.00 bits per heavy atom. The van der Waals surface area contributed by atoms with Gasteiger partial charge in [0.05, 0.1) is 10.6 Å². The number of nitrogens with two attached hydrogens (primary N) is 1. The number of piperidine rings is 1. The fourth-order valence-corrected chi connectivity index (χ4v) is 3.21. The zero-order chi connectivity index (χ0) is 16.6. The molecule has 2 amide bonds. The molecule has 23 heavy (non-hydrogen) atoms. The maximum absolute atomic E-state index is 11.5. The molecule has 0 saturated carbocycles. The highest BCUT2D eigenvalue weighted by atomic mass is 16.6. The summed E-state index contributed by atoms with van der Waals surface area (Å²) in [6.07, 6.45) is 2.15. The van der Waals surface area contributed by atoms with Crippen LogP contribution >= 0.6 is 0 Å². The predicted octanol–water partition coefficient (Wildman–Crippen LogP) is 1.18. The van der Waals surface area contributed by atoms with Crippen molar-refractivity contribution in [1.82, 2.24) is 0 Å². The molecule has 2 aliphatic heterocycles. The van der Waals surface area contributed by atoms with Crippen molar-refractivity contribution >= 4 is 28.9 Å². The number of anilines is 2. The number of nitro groups is 1. The summed E-state index contributed by atoms with van der Waals surface area (Å²) < 4.78 is 0. The van der Waals surface area contributed by atoms with Crippen LogP contribution in [0, 0.1) is 16.0 Å². The fourth-order valence-electron chi connectivity index (χ4n) is 3.21. The topological polar surface area (TPSA) is 119 Å². The molecule has 8 nitrogen and oxygen atoms in total. The Kier molecular flexibility index (Phi) is 3.89. The highest BCUT2D eigenvalue weighted by Gasteiger charge is 2.29. The fraction of sp³-hybridized carbons (Fsp3) is 0.467. The van der Waals surface area contributed by atoms with Gasteiger partial charge in [0.25, 0.3) is 5.69 Å². The van der Waals surface area contributed by atoms with E-state index in [-0.39, 0.29) is 23.4 Å². The summed E-state index contributed by atoms with van der Waals surface area (Å²) in [5.41, 5.74) is 7.27. The molecule has 122 valence electrons. The Bertz CT molecular complexity index is 680. The van der Waals surface area contributed by atoms with Gasteiger partial charge in [-0.3, -0.25) is 19.7 Å². The third kappa shape index (κ3) is 2.96. The largest absolute Gasteiger partial charge is 0.369 e. The van der Waals surface area contributed by atoms with Crippen LogP contribution in [0.3, 0.4) is 0 Å². The van der Waals surface area contributed by atoms with Gasteiger partial charge in [-0.2, -0.15) is 0 Å². The number of fused-ring (bicyclic) bond motifs is 1. The van der Waals surface area contributed by atoms with Crippen molar-refractivity contribution in [2.24, 2.45) is 11.7 Å². The molecule has 1 aromatic carbocycles. The van der Waals surface area contributed by atoms with Gasteiger partial charge in [0.15, 0.2) is 0 Å². The van der Waals surface area contributed by atoms with Gasteiger partial charge in [-0.15, -0.1) is 0 Å². The first-order valence-electron chi connectivity index (χ1n) is 7.61. The zero-order valence-corrected chi connectivity index (χ0v) is 12.6. The highest BCUT2D eigenvalue weighted by molar-refractivity contribution is 5.95. The van der Waals surface area contributed by atoms with Crippen molar-refractivity contribution in [3.05, 3.63) is 27.8 Å². The molecule has 2 heterocycles. The van der Waals surface area contributed by atoms with Gasteiger partial charge in [-0.25, -0.2) is 0 Å². The normalized spacial score (nSPS) is 18.3. The van der Waals surface area contributed by atoms with Crippen LogP contribution in [0.25, 0.3) is 0 Å². The molecule has 0 radical (unpaired) electrons. The van der Waals surface area contributed by atoms with Crippen LogP contribution in [0.2, 0.25) is 0 Å². The number of hydrogen-bond donors (Lipinski definition) is 2. The molecule has 0 aromatic heterocycles. The summed E-state index contributed by atoms with van der Waals surface area (Å²) >= 11 is 0. The van der Waals surface area contributed by atoms with E-state index in [1.165, 1.54) is 6.07 Å². The van der Waals surface area contributed by atoms with E-state index < -0.39 is 4.92 Å². The van der Waals surface area contributed by atoms with Crippen molar-refractivity contribution in [3.63, 3.8) is 0 Å². The molecule has 0 aliphatic carbocycles. The zero-order valence-electron chi connectivity index (χ0n) is 12.6. The number of amides is 2. The van der Waals surface area contributed by atoms with Gasteiger partial charge >= 0.3 is 0 Å². The van der Waals surface area contributed by atoms with Crippen LogP contribution in [0.4, 0.5) is 17.1 Å². The number of carbonyl (C=O) groups excluding carboxylic acids is 2. The van der Waals surface area contributed by atoms with Gasteiger partial charge in [-0.1, -0.05) is 0 Å². The Morgan fingerprint density at radius 3 is 2.61 bits per heavy atom. The lowest BCUT2D eigenvalue weighted by molar-refractivity contribution is -0.384. The van der Waals surface area contributed by atoms with E-state index in [9.17, 15) is 19.7 Å². The summed E-state index contributed by atoms with van der Waals surface area (Å²) in [6, 6.07) is 3.22. The summed E-state index contributed by atoms with van der Waals surface area (Å²) in [7, 11) is 0. The molecule has 8 heteroatoms. The van der Waals surface area contributed by atoms with E-state index in [1.54, 1.807) is 6.07 Å². The third-order valence-electron chi connectivity index (χ3n) is 4.53. The Morgan fingerprint density at radius 1 is 1.30 bits per heavy atom. The third-order valence-corrected chi connectivity index (χ3v) is 4.53. The monoisotopic (exact) mass is 318 g/mol. The molecular formula is C15H18N4O4. The first kappa shape index (κ1) is 15.3. The number of nitro benzene ring substituents is 1. The van der Waals surface area contributed by atoms with Crippen LogP contribution in [-0.2, 0) is 16.0 Å². The average Bonchev–Trinajstić information content (AvgIpc) is 2.53. The smallest absolute Gasteiger partial charge is 0.294 e. The number of hydrogen-bond acceptors (Lipinski definition) is 5. The second kappa shape index (κ2) is 5.86. The van der Waals surface area contributed by atoms with Gasteiger partial charge < -0.3 is 16.0 Å². The minimum absolute atomic E-state index is 0.0246. The molecule has 0 atom stereocenters. The molecule has 1 saturated heterocycles. The first-order valence-corrected chi connectivity index (χ1v) is 7.61. The van der Waals surface area contributed by atoms with Crippen molar-refractivity contribution in [2.45, 2.75) is 25.7 Å². The van der Waals surface area contributed by atoms with Crippen molar-refractivity contribution in [1.29, 1.82) is 0 Å². The molecule has 0 bridgehead atoms. The number of nitrogens with zero attached hydrogens (tertiary/aromatic N) is 2. The van der Waals surface area contributed by atoms with E-state index in [0.717, 1.165) is 5.56 Å². The number of carbonyl (C=O) groups is 2. The van der Waals surface area contributed by atoms with E-state index >= 15 is 0 Å². The number of rotatable bonds is 3. The summed E-state index contributed by atoms with van der Waals surface area (Å²) in [5, 5.41) is 14.1. The minimum Gasteiger partial charge on any atom is -0.369 e. The average molecular weight is 318 g/mol. The molecule has 3 N–H and O–H groups in total. The summed E-state index contributed by atoms with van der Waals surface area (Å²) in [6.45, 7) is 1.11. The van der Waals surface area contributed by atoms with E-state index in [1.807, 2.05) is 4.90 Å². The molecule has 0 spiro atoms. The molecule has 1 fully saturated rings. The quantitative estimate of drug-likeness (QED) is 0.641. The first-order chi connectivity index (χ1) is 11.0. The molecule has 1 aromatic rings. The highest BCUT2D eigenvalue weighted by Crippen LogP contribution is 2.37. The van der Waals surface area contributed by atoms with Crippen molar-refractivity contribution in [3.8, 4) is 0 Å². The molecule has 0 unspecified atom stereocenters. The number of nitrogens with one attached hydrogen (secondary N) is 1. The molecule has 2 aliphatic rings. The molecule has 3 rings (SSSR count). The van der Waals surface area contributed by atoms with Crippen LogP contribution in [0.15, 0.2) is 12.1 Å². The Balaban J connectivity index is 1.91. The summed E-state index contributed by atoms with van der Waals surface area (Å²) in [5.74, 6) is -0.601. The summed E-state index contributed by atoms with van der Waals surface area (Å²) in [4.78, 5) is 35.6. The number of aryl methyl sites for hydroxylation is 1. The maximum Gasteiger partial charge on any atom is 0.294 e. The molecular weight excluding hydrogens is 300 g/mol. The van der Waals surface area contributed by atoms with Gasteiger partial charge in [0, 0.05) is 31.5 Å². The number of primary amides is 1. The standard InChI is InChI=1S/C15H18N4O4/c16-15(21)9-3-5-18(6-4-9)12-7-10-1-2-14(20)17-11(10)8-13(12)19(22)23/h7-9H,1-6H2,(H2,16,21)(H,17,20). The lowest BCUT2D eigenvalue weighted by Gasteiger charge is -2.32. The van der Waals surface area contributed by atoms with Crippen LogP contribution in [-0.4, -0.2) is 29.8 Å². The second-order valence-corrected chi connectivity index (χ2v) is 5.97. The number of benzene rings is 1. The van der Waals surface area contributed by atoms with Gasteiger partial charge in [0.1, 0.15) is 5.69 Å². The van der Waals surface area contributed by atoms with Crippen LogP contribution < -0.4 is 16.0 Å². The van der Waals surface area contributed by atoms with Gasteiger partial charge in [0.2, 0.25) is 11.8 Å². The van der Waals surface area contributed by atoms with E-state index in [2.05, 4.69) is 5.32 Å². The predicted molar refractivity (Wildman–Crippen MR) is 84.2 cm³/mol. The van der Waals surface area contributed by atoms with Crippen LogP contribution in [0.5, 0.6) is 0 Å². The Labute approximate surface area is 132 Å². The minimum atomic E-state index is -0.434. The lowest BCUT2D eigenvalue weighted by Crippen LogP contribution is -2.38. The van der Waals surface area contributed by atoms with E-state index in [0.29, 0.717) is 50.1 Å². The lowest BCUT2D eigenvalue weighted by atomic mass is 9.95. The van der Waals surface area contributed by atoms with Crippen molar-refractivity contribution < 1.29 is 14.5 Å². The van der Waals surface area contributed by atoms with Gasteiger partial charge in [-0.05, 0) is 30.9 Å². The SMILES string of the molecule is NC(=O)C1CCN(c2cc3c(cc2[N+](=O)[O-])NC(=O)CC3)CC1. The van der Waals surface area contributed by atoms with Crippen LogP contribution in [0.1, 0.15) is 24.8 Å². The Hall–Kier alpha value is -2.64.